The van der Waals surface area contributed by atoms with Crippen LogP contribution >= 0.6 is 0 Å². The highest BCUT2D eigenvalue weighted by Crippen LogP contribution is 2.26. The summed E-state index contributed by atoms with van der Waals surface area (Å²) in [4.78, 5) is 21.9. The molecule has 0 atom stereocenters. The Hall–Kier alpha value is -1.35. The van der Waals surface area contributed by atoms with Gasteiger partial charge in [0.1, 0.15) is 6.10 Å². The molecule has 0 spiro atoms. The minimum absolute atomic E-state index is 0.418. The van der Waals surface area contributed by atoms with Crippen LogP contribution in [0.3, 0.4) is 0 Å². The lowest BCUT2D eigenvalue weighted by Crippen LogP contribution is -2.14. The second-order valence-electron chi connectivity index (χ2n) is 4.68. The molecule has 96 valence electrons. The first-order valence-corrected chi connectivity index (χ1v) is 6.29. The van der Waals surface area contributed by atoms with Crippen LogP contribution in [0.15, 0.2) is 18.2 Å². The zero-order valence-electron chi connectivity index (χ0n) is 10.9. The zero-order chi connectivity index (χ0) is 13.0. The molecule has 1 fully saturated rings. The molecule has 3 heteroatoms. The zero-order valence-corrected chi connectivity index (χ0v) is 10.9. The van der Waals surface area contributed by atoms with Crippen molar-refractivity contribution >= 4 is 5.97 Å². The molecule has 0 amide bonds. The van der Waals surface area contributed by atoms with Crippen molar-refractivity contribution in [3.63, 3.8) is 0 Å². The molecule has 1 aromatic rings. The first kappa shape index (κ1) is 13.1. The molecule has 0 saturated heterocycles. The van der Waals surface area contributed by atoms with E-state index in [1.54, 1.807) is 0 Å². The number of carbonyl (C=O) groups is 1. The van der Waals surface area contributed by atoms with Gasteiger partial charge in [0.05, 0.1) is 5.56 Å². The van der Waals surface area contributed by atoms with E-state index in [4.69, 9.17) is 9.78 Å². The number of carbonyl (C=O) groups excluding carboxylic acids is 1. The van der Waals surface area contributed by atoms with E-state index in [0.29, 0.717) is 5.56 Å². The normalized spacial score (nSPS) is 16.6. The van der Waals surface area contributed by atoms with Crippen molar-refractivity contribution in [2.45, 2.75) is 39.5 Å². The summed E-state index contributed by atoms with van der Waals surface area (Å²) in [6.45, 7) is 3.83. The number of hydrogen-bond donors (Lipinski definition) is 0. The van der Waals surface area contributed by atoms with Gasteiger partial charge in [-0.15, -0.1) is 0 Å². The molecule has 2 radical (unpaired) electrons. The highest BCUT2D eigenvalue weighted by Gasteiger charge is 2.19. The summed E-state index contributed by atoms with van der Waals surface area (Å²) in [5.41, 5.74) is 2.50. The summed E-state index contributed by atoms with van der Waals surface area (Å²) < 4.78 is 0. The van der Waals surface area contributed by atoms with E-state index in [1.807, 2.05) is 32.0 Å². The number of hydrogen-bond acceptors (Lipinski definition) is 3. The summed E-state index contributed by atoms with van der Waals surface area (Å²) in [5.74, 6) is -0.418. The Morgan fingerprint density at radius 3 is 2.61 bits per heavy atom. The molecule has 0 heterocycles. The molecular weight excluding hydrogens is 228 g/mol. The standard InChI is InChI=1S/C15H18O3/c1-11-8-9-12(2)14(10-11)15(16)18-17-13-6-4-3-5-7-13/h3,8-10H,4-7H2,1-2H3. The van der Waals surface area contributed by atoms with Gasteiger partial charge in [-0.25, -0.2) is 4.79 Å². The van der Waals surface area contributed by atoms with Crippen molar-refractivity contribution in [2.24, 2.45) is 0 Å². The molecule has 0 bridgehead atoms. The fourth-order valence-corrected chi connectivity index (χ4v) is 1.98. The summed E-state index contributed by atoms with van der Waals surface area (Å²) in [7, 11) is 0. The summed E-state index contributed by atoms with van der Waals surface area (Å²) in [6.07, 6.45) is 6.77. The van der Waals surface area contributed by atoms with Crippen LogP contribution in [0.5, 0.6) is 0 Å². The smallest absolute Gasteiger partial charge is 0.292 e. The van der Waals surface area contributed by atoms with Gasteiger partial charge >= 0.3 is 5.97 Å². The van der Waals surface area contributed by atoms with Gasteiger partial charge in [-0.1, -0.05) is 17.7 Å². The van der Waals surface area contributed by atoms with Crippen molar-refractivity contribution in [3.05, 3.63) is 47.4 Å². The van der Waals surface area contributed by atoms with E-state index in [0.717, 1.165) is 42.9 Å². The lowest BCUT2D eigenvalue weighted by Gasteiger charge is -2.18. The average Bonchev–Trinajstić information content (AvgIpc) is 2.40. The highest BCUT2D eigenvalue weighted by atomic mass is 17.2. The van der Waals surface area contributed by atoms with Crippen molar-refractivity contribution in [1.29, 1.82) is 0 Å². The Kier molecular flexibility index (Phi) is 4.37. The van der Waals surface area contributed by atoms with Gasteiger partial charge in [-0.05, 0) is 57.6 Å². The van der Waals surface area contributed by atoms with E-state index < -0.39 is 5.97 Å². The number of benzene rings is 1. The number of rotatable bonds is 3. The van der Waals surface area contributed by atoms with Crippen LogP contribution in [0, 0.1) is 26.4 Å². The second kappa shape index (κ2) is 6.01. The predicted octanol–water partition coefficient (Wildman–Crippen LogP) is 3.70. The molecule has 1 aliphatic carbocycles. The maximum Gasteiger partial charge on any atom is 0.373 e. The van der Waals surface area contributed by atoms with Crippen LogP contribution in [-0.2, 0) is 9.78 Å². The molecule has 2 rings (SSSR count). The lowest BCUT2D eigenvalue weighted by molar-refractivity contribution is -0.238. The molecule has 0 N–H and O–H groups in total. The molecule has 1 aromatic carbocycles. The van der Waals surface area contributed by atoms with E-state index in [9.17, 15) is 4.79 Å². The molecule has 3 nitrogen and oxygen atoms in total. The molecular formula is C15H18O3. The Morgan fingerprint density at radius 2 is 1.89 bits per heavy atom. The Morgan fingerprint density at radius 1 is 1.17 bits per heavy atom. The third kappa shape index (κ3) is 3.33. The van der Waals surface area contributed by atoms with Crippen LogP contribution in [0.1, 0.15) is 47.2 Å². The van der Waals surface area contributed by atoms with Gasteiger partial charge in [0.25, 0.3) is 0 Å². The summed E-state index contributed by atoms with van der Waals surface area (Å²) in [6, 6.07) is 5.70. The van der Waals surface area contributed by atoms with Crippen LogP contribution in [0.2, 0.25) is 0 Å². The van der Waals surface area contributed by atoms with E-state index in [2.05, 4.69) is 6.42 Å². The second-order valence-corrected chi connectivity index (χ2v) is 4.68. The summed E-state index contributed by atoms with van der Waals surface area (Å²) >= 11 is 0. The first-order valence-electron chi connectivity index (χ1n) is 6.29. The third-order valence-corrected chi connectivity index (χ3v) is 3.10. The molecule has 0 aliphatic heterocycles. The van der Waals surface area contributed by atoms with Crippen molar-refractivity contribution < 1.29 is 14.6 Å². The van der Waals surface area contributed by atoms with Crippen LogP contribution < -0.4 is 0 Å². The van der Waals surface area contributed by atoms with E-state index >= 15 is 0 Å². The molecule has 18 heavy (non-hydrogen) atoms. The maximum atomic E-state index is 11.9. The number of aryl methyl sites for hydroxylation is 2. The fourth-order valence-electron chi connectivity index (χ4n) is 1.98. The SMILES string of the molecule is Cc1ccc(C)c(C(=O)OO[C]2CC[CH]CC2)c1. The average molecular weight is 246 g/mol. The van der Waals surface area contributed by atoms with Crippen LogP contribution in [-0.4, -0.2) is 5.97 Å². The van der Waals surface area contributed by atoms with Gasteiger partial charge in [-0.3, -0.25) is 4.89 Å². The maximum absolute atomic E-state index is 11.9. The molecule has 1 aliphatic rings. The lowest BCUT2D eigenvalue weighted by atomic mass is 9.98. The van der Waals surface area contributed by atoms with E-state index in [-0.39, 0.29) is 0 Å². The third-order valence-electron chi connectivity index (χ3n) is 3.10. The minimum atomic E-state index is -0.418. The highest BCUT2D eigenvalue weighted by molar-refractivity contribution is 5.90. The van der Waals surface area contributed by atoms with E-state index in [1.165, 1.54) is 0 Å². The predicted molar refractivity (Wildman–Crippen MR) is 68.4 cm³/mol. The minimum Gasteiger partial charge on any atom is -0.292 e. The van der Waals surface area contributed by atoms with Gasteiger partial charge in [0.15, 0.2) is 0 Å². The van der Waals surface area contributed by atoms with Crippen molar-refractivity contribution in [1.82, 2.24) is 0 Å². The Balaban J connectivity index is 1.92. The van der Waals surface area contributed by atoms with Crippen LogP contribution in [0.4, 0.5) is 0 Å². The van der Waals surface area contributed by atoms with Crippen molar-refractivity contribution in [3.8, 4) is 0 Å². The molecule has 1 saturated carbocycles. The van der Waals surface area contributed by atoms with Gasteiger partial charge in [-0.2, -0.15) is 4.89 Å². The quantitative estimate of drug-likeness (QED) is 0.602. The summed E-state index contributed by atoms with van der Waals surface area (Å²) in [5, 5.41) is 0. The van der Waals surface area contributed by atoms with Crippen molar-refractivity contribution in [2.75, 3.05) is 0 Å². The molecule has 0 aromatic heterocycles. The fraction of sp³-hybridized carbons (Fsp3) is 0.400. The first-order chi connectivity index (χ1) is 8.66. The van der Waals surface area contributed by atoms with Gasteiger partial charge in [0, 0.05) is 0 Å². The van der Waals surface area contributed by atoms with Gasteiger partial charge < -0.3 is 0 Å². The topological polar surface area (TPSA) is 35.5 Å². The van der Waals surface area contributed by atoms with Crippen LogP contribution in [0.25, 0.3) is 0 Å². The Labute approximate surface area is 108 Å². The Bertz CT molecular complexity index is 420. The largest absolute Gasteiger partial charge is 0.373 e. The monoisotopic (exact) mass is 246 g/mol. The van der Waals surface area contributed by atoms with Gasteiger partial charge in [0.2, 0.25) is 0 Å². The molecule has 0 unspecified atom stereocenters.